The van der Waals surface area contributed by atoms with Crippen molar-refractivity contribution in [3.8, 4) is 11.3 Å². The van der Waals surface area contributed by atoms with E-state index in [0.717, 1.165) is 17.0 Å². The van der Waals surface area contributed by atoms with Gasteiger partial charge < -0.3 is 0 Å². The molecule has 2 rings (SSSR count). The van der Waals surface area contributed by atoms with E-state index < -0.39 is 5.82 Å². The van der Waals surface area contributed by atoms with Crippen LogP contribution in [-0.2, 0) is 0 Å². The van der Waals surface area contributed by atoms with E-state index in [4.69, 9.17) is 16.6 Å². The van der Waals surface area contributed by atoms with Crippen molar-refractivity contribution < 1.29 is 4.39 Å². The molecule has 0 amide bonds. The molecule has 0 aliphatic rings. The van der Waals surface area contributed by atoms with Crippen LogP contribution < -0.4 is 0 Å². The van der Waals surface area contributed by atoms with Crippen LogP contribution in [0.3, 0.4) is 0 Å². The predicted molar refractivity (Wildman–Crippen MR) is 82.5 cm³/mol. The van der Waals surface area contributed by atoms with Crippen LogP contribution in [0.15, 0.2) is 36.4 Å². The second-order valence-corrected chi connectivity index (χ2v) is 6.57. The molecule has 1 atom stereocenters. The van der Waals surface area contributed by atoms with Crippen LogP contribution in [0.5, 0.6) is 0 Å². The smallest absolute Gasteiger partial charge is 0.141 e. The molecule has 106 valence electrons. The molecule has 1 aromatic carbocycles. The van der Waals surface area contributed by atoms with Crippen molar-refractivity contribution in [2.75, 3.05) is 0 Å². The number of benzene rings is 1. The van der Waals surface area contributed by atoms with Crippen molar-refractivity contribution in [3.05, 3.63) is 52.9 Å². The largest absolute Gasteiger partial charge is 0.253 e. The van der Waals surface area contributed by atoms with Crippen molar-refractivity contribution in [1.82, 2.24) is 4.98 Å². The first kappa shape index (κ1) is 15.0. The molecule has 0 aliphatic carbocycles. The first-order valence-electron chi connectivity index (χ1n) is 6.71. The molecule has 3 heteroatoms. The molecular formula is C17H19ClFN. The monoisotopic (exact) mass is 291 g/mol. The highest BCUT2D eigenvalue weighted by Gasteiger charge is 2.23. The summed E-state index contributed by atoms with van der Waals surface area (Å²) < 4.78 is 13.2. The first-order valence-corrected chi connectivity index (χ1v) is 7.09. The number of hydrogen-bond donors (Lipinski definition) is 0. The summed E-state index contributed by atoms with van der Waals surface area (Å²) in [4.78, 5) is 4.70. The summed E-state index contributed by atoms with van der Waals surface area (Å²) in [6, 6.07) is 10.6. The average Bonchev–Trinajstić information content (AvgIpc) is 2.40. The number of nitrogens with zero attached hydrogens (tertiary/aromatic N) is 1. The Labute approximate surface area is 124 Å². The van der Waals surface area contributed by atoms with Gasteiger partial charge in [0.25, 0.3) is 0 Å². The molecule has 20 heavy (non-hydrogen) atoms. The topological polar surface area (TPSA) is 12.9 Å². The van der Waals surface area contributed by atoms with Crippen molar-refractivity contribution >= 4 is 11.6 Å². The van der Waals surface area contributed by atoms with Gasteiger partial charge in [0.1, 0.15) is 5.82 Å². The van der Waals surface area contributed by atoms with Gasteiger partial charge in [0, 0.05) is 17.2 Å². The molecular weight excluding hydrogens is 273 g/mol. The highest BCUT2D eigenvalue weighted by Crippen LogP contribution is 2.34. The van der Waals surface area contributed by atoms with E-state index in [-0.39, 0.29) is 10.4 Å². The van der Waals surface area contributed by atoms with Crippen molar-refractivity contribution in [1.29, 1.82) is 0 Å². The second-order valence-electron chi connectivity index (χ2n) is 6.16. The minimum Gasteiger partial charge on any atom is -0.253 e. The fraction of sp³-hybridized carbons (Fsp3) is 0.353. The lowest BCUT2D eigenvalue weighted by Gasteiger charge is -2.27. The van der Waals surface area contributed by atoms with Gasteiger partial charge in [-0.25, -0.2) is 4.39 Å². The van der Waals surface area contributed by atoms with Gasteiger partial charge in [-0.2, -0.15) is 0 Å². The molecule has 0 spiro atoms. The lowest BCUT2D eigenvalue weighted by Crippen LogP contribution is -2.16. The Morgan fingerprint density at radius 3 is 2.45 bits per heavy atom. The highest BCUT2D eigenvalue weighted by atomic mass is 35.5. The zero-order valence-corrected chi connectivity index (χ0v) is 13.0. The van der Waals surface area contributed by atoms with E-state index in [1.54, 1.807) is 12.1 Å². The van der Waals surface area contributed by atoms with E-state index in [1.165, 1.54) is 6.07 Å². The molecule has 1 heterocycles. The van der Waals surface area contributed by atoms with Crippen molar-refractivity contribution in [2.24, 2.45) is 5.41 Å². The van der Waals surface area contributed by atoms with E-state index in [2.05, 4.69) is 27.7 Å². The van der Waals surface area contributed by atoms with Gasteiger partial charge in [-0.3, -0.25) is 4.98 Å². The number of hydrogen-bond acceptors (Lipinski definition) is 1. The molecule has 0 bridgehead atoms. The Morgan fingerprint density at radius 2 is 1.85 bits per heavy atom. The normalized spacial score (nSPS) is 13.3. The Bertz CT molecular complexity index is 617. The molecule has 0 unspecified atom stereocenters. The van der Waals surface area contributed by atoms with Crippen LogP contribution in [0.4, 0.5) is 4.39 Å². The third kappa shape index (κ3) is 3.18. The quantitative estimate of drug-likeness (QED) is 0.692. The Morgan fingerprint density at radius 1 is 1.15 bits per heavy atom. The maximum atomic E-state index is 13.2. The van der Waals surface area contributed by atoms with Crippen LogP contribution in [0, 0.1) is 11.2 Å². The van der Waals surface area contributed by atoms with Gasteiger partial charge in [0.15, 0.2) is 0 Å². The average molecular weight is 292 g/mol. The lowest BCUT2D eigenvalue weighted by atomic mass is 9.80. The molecule has 0 fully saturated rings. The highest BCUT2D eigenvalue weighted by molar-refractivity contribution is 6.31. The molecule has 0 aliphatic heterocycles. The number of halogens is 2. The fourth-order valence-electron chi connectivity index (χ4n) is 1.95. The fourth-order valence-corrected chi connectivity index (χ4v) is 2.13. The van der Waals surface area contributed by atoms with Gasteiger partial charge >= 0.3 is 0 Å². The summed E-state index contributed by atoms with van der Waals surface area (Å²) >= 11 is 5.84. The number of rotatable bonds is 2. The van der Waals surface area contributed by atoms with Crippen molar-refractivity contribution in [3.63, 3.8) is 0 Å². The third-order valence-corrected chi connectivity index (χ3v) is 4.02. The number of pyridine rings is 1. The Kier molecular flexibility index (Phi) is 4.14. The third-order valence-electron chi connectivity index (χ3n) is 3.73. The summed E-state index contributed by atoms with van der Waals surface area (Å²) in [6.07, 6.45) is 0. The van der Waals surface area contributed by atoms with Gasteiger partial charge in [-0.1, -0.05) is 45.4 Å². The minimum absolute atomic E-state index is 0.124. The molecule has 0 radical (unpaired) electrons. The molecule has 0 N–H and O–H groups in total. The van der Waals surface area contributed by atoms with E-state index >= 15 is 0 Å². The maximum Gasteiger partial charge on any atom is 0.141 e. The van der Waals surface area contributed by atoms with Gasteiger partial charge in [0.2, 0.25) is 0 Å². The standard InChI is InChI=1S/C17H19ClFN/c1-11(17(2,3)4)15-6-5-7-16(20-15)12-8-9-14(19)13(18)10-12/h5-11H,1-4H3/t11-/m0/s1. The lowest BCUT2D eigenvalue weighted by molar-refractivity contribution is 0.334. The zero-order chi connectivity index (χ0) is 14.9. The van der Waals surface area contributed by atoms with E-state index in [9.17, 15) is 4.39 Å². The zero-order valence-electron chi connectivity index (χ0n) is 12.2. The molecule has 0 saturated heterocycles. The minimum atomic E-state index is -0.408. The maximum absolute atomic E-state index is 13.2. The molecule has 2 aromatic rings. The number of aromatic nitrogens is 1. The van der Waals surface area contributed by atoms with Gasteiger partial charge in [0.05, 0.1) is 10.7 Å². The summed E-state index contributed by atoms with van der Waals surface area (Å²) in [5.74, 6) is -0.0759. The molecule has 0 saturated carbocycles. The van der Waals surface area contributed by atoms with Crippen molar-refractivity contribution in [2.45, 2.75) is 33.6 Å². The summed E-state index contributed by atoms with van der Waals surface area (Å²) in [6.45, 7) is 8.76. The van der Waals surface area contributed by atoms with Crippen LogP contribution in [0.1, 0.15) is 39.3 Å². The second kappa shape index (κ2) is 5.53. The van der Waals surface area contributed by atoms with Crippen LogP contribution in [0.2, 0.25) is 5.02 Å². The summed E-state index contributed by atoms with van der Waals surface area (Å²) in [5, 5.41) is 0.124. The van der Waals surface area contributed by atoms with Gasteiger partial charge in [-0.15, -0.1) is 0 Å². The Balaban J connectivity index is 2.41. The molecule has 1 aromatic heterocycles. The molecule has 1 nitrogen and oxygen atoms in total. The van der Waals surface area contributed by atoms with Crippen LogP contribution in [0.25, 0.3) is 11.3 Å². The first-order chi connectivity index (χ1) is 9.29. The Hall–Kier alpha value is -1.41. The van der Waals surface area contributed by atoms with E-state index in [1.807, 2.05) is 18.2 Å². The van der Waals surface area contributed by atoms with Crippen LogP contribution in [-0.4, -0.2) is 4.98 Å². The predicted octanol–water partition coefficient (Wildman–Crippen LogP) is 5.69. The van der Waals surface area contributed by atoms with E-state index in [0.29, 0.717) is 5.92 Å². The summed E-state index contributed by atoms with van der Waals surface area (Å²) in [7, 11) is 0. The summed E-state index contributed by atoms with van der Waals surface area (Å²) in [5.41, 5.74) is 2.84. The SMILES string of the molecule is C[C@@H](c1cccc(-c2ccc(F)c(Cl)c2)n1)C(C)(C)C. The van der Waals surface area contributed by atoms with Crippen LogP contribution >= 0.6 is 11.6 Å². The van der Waals surface area contributed by atoms with Gasteiger partial charge in [-0.05, 0) is 35.7 Å².